The number of halogens is 1. The van der Waals surface area contributed by atoms with Crippen molar-refractivity contribution >= 4 is 21.6 Å². The standard InChI is InChI=1S/C15H13BrN2/c1-11(13-4-2-3-12(9-13)10-17)18-15-7-5-14(16)6-8-15/h2-9,11,18H,1H3. The molecule has 0 bridgehead atoms. The van der Waals surface area contributed by atoms with Crippen LogP contribution in [0.25, 0.3) is 0 Å². The molecule has 0 radical (unpaired) electrons. The van der Waals surface area contributed by atoms with E-state index in [0.717, 1.165) is 15.7 Å². The van der Waals surface area contributed by atoms with Crippen molar-refractivity contribution in [1.82, 2.24) is 0 Å². The average Bonchev–Trinajstić information content (AvgIpc) is 2.41. The van der Waals surface area contributed by atoms with Gasteiger partial charge in [0.15, 0.2) is 0 Å². The van der Waals surface area contributed by atoms with E-state index in [9.17, 15) is 0 Å². The number of anilines is 1. The van der Waals surface area contributed by atoms with Gasteiger partial charge in [-0.05, 0) is 48.9 Å². The van der Waals surface area contributed by atoms with Crippen molar-refractivity contribution in [2.75, 3.05) is 5.32 Å². The summed E-state index contributed by atoms with van der Waals surface area (Å²) in [4.78, 5) is 0. The van der Waals surface area contributed by atoms with Gasteiger partial charge in [-0.25, -0.2) is 0 Å². The van der Waals surface area contributed by atoms with Gasteiger partial charge in [-0.3, -0.25) is 0 Å². The average molecular weight is 301 g/mol. The zero-order valence-corrected chi connectivity index (χ0v) is 11.6. The van der Waals surface area contributed by atoms with Crippen LogP contribution in [0.3, 0.4) is 0 Å². The molecule has 1 N–H and O–H groups in total. The number of nitrogens with zero attached hydrogens (tertiary/aromatic N) is 1. The van der Waals surface area contributed by atoms with Crippen LogP contribution >= 0.6 is 15.9 Å². The first-order chi connectivity index (χ1) is 8.69. The van der Waals surface area contributed by atoms with Gasteiger partial charge in [0.25, 0.3) is 0 Å². The summed E-state index contributed by atoms with van der Waals surface area (Å²) < 4.78 is 1.06. The normalized spacial score (nSPS) is 11.6. The molecule has 90 valence electrons. The van der Waals surface area contributed by atoms with Gasteiger partial charge in [0.2, 0.25) is 0 Å². The second-order valence-corrected chi connectivity index (χ2v) is 5.03. The summed E-state index contributed by atoms with van der Waals surface area (Å²) in [6.45, 7) is 2.08. The van der Waals surface area contributed by atoms with Gasteiger partial charge >= 0.3 is 0 Å². The minimum absolute atomic E-state index is 0.166. The van der Waals surface area contributed by atoms with Crippen LogP contribution in [0.1, 0.15) is 24.1 Å². The molecule has 2 aromatic carbocycles. The molecule has 0 amide bonds. The van der Waals surface area contributed by atoms with Crippen molar-refractivity contribution in [2.24, 2.45) is 0 Å². The topological polar surface area (TPSA) is 35.8 Å². The largest absolute Gasteiger partial charge is 0.379 e. The molecule has 0 spiro atoms. The second kappa shape index (κ2) is 5.70. The van der Waals surface area contributed by atoms with Crippen molar-refractivity contribution in [3.8, 4) is 6.07 Å². The van der Waals surface area contributed by atoms with E-state index in [1.54, 1.807) is 0 Å². The van der Waals surface area contributed by atoms with E-state index in [2.05, 4.69) is 34.2 Å². The molecule has 0 aliphatic carbocycles. The van der Waals surface area contributed by atoms with Gasteiger partial charge in [0, 0.05) is 16.2 Å². The van der Waals surface area contributed by atoms with E-state index in [-0.39, 0.29) is 6.04 Å². The van der Waals surface area contributed by atoms with Crippen molar-refractivity contribution in [2.45, 2.75) is 13.0 Å². The highest BCUT2D eigenvalue weighted by Gasteiger charge is 2.05. The van der Waals surface area contributed by atoms with E-state index in [4.69, 9.17) is 5.26 Å². The monoisotopic (exact) mass is 300 g/mol. The molecule has 0 heterocycles. The lowest BCUT2D eigenvalue weighted by Gasteiger charge is -2.16. The quantitative estimate of drug-likeness (QED) is 0.906. The lowest BCUT2D eigenvalue weighted by atomic mass is 10.1. The van der Waals surface area contributed by atoms with Gasteiger partial charge in [0.05, 0.1) is 11.6 Å². The van der Waals surface area contributed by atoms with Gasteiger partial charge in [-0.2, -0.15) is 5.26 Å². The molecular weight excluding hydrogens is 288 g/mol. The SMILES string of the molecule is CC(Nc1ccc(Br)cc1)c1cccc(C#N)c1. The number of nitriles is 1. The maximum absolute atomic E-state index is 8.89. The van der Waals surface area contributed by atoms with E-state index in [1.165, 1.54) is 0 Å². The number of hydrogen-bond acceptors (Lipinski definition) is 2. The molecular formula is C15H13BrN2. The molecule has 0 saturated carbocycles. The van der Waals surface area contributed by atoms with Crippen LogP contribution in [0.15, 0.2) is 53.0 Å². The minimum Gasteiger partial charge on any atom is -0.379 e. The molecule has 2 rings (SSSR count). The van der Waals surface area contributed by atoms with Crippen LogP contribution in [0, 0.1) is 11.3 Å². The first-order valence-corrected chi connectivity index (χ1v) is 6.50. The highest BCUT2D eigenvalue weighted by Crippen LogP contribution is 2.21. The first kappa shape index (κ1) is 12.7. The van der Waals surface area contributed by atoms with Gasteiger partial charge in [-0.1, -0.05) is 28.1 Å². The molecule has 3 heteroatoms. The van der Waals surface area contributed by atoms with Gasteiger partial charge < -0.3 is 5.32 Å². The Balaban J connectivity index is 2.14. The summed E-state index contributed by atoms with van der Waals surface area (Å²) in [7, 11) is 0. The highest BCUT2D eigenvalue weighted by molar-refractivity contribution is 9.10. The summed E-state index contributed by atoms with van der Waals surface area (Å²) in [6.07, 6.45) is 0. The third-order valence-electron chi connectivity index (χ3n) is 2.74. The summed E-state index contributed by atoms with van der Waals surface area (Å²) in [6, 6.07) is 18.0. The zero-order valence-electron chi connectivity index (χ0n) is 10.0. The maximum Gasteiger partial charge on any atom is 0.0991 e. The third-order valence-corrected chi connectivity index (χ3v) is 3.27. The Morgan fingerprint density at radius 1 is 1.17 bits per heavy atom. The van der Waals surface area contributed by atoms with Crippen molar-refractivity contribution < 1.29 is 0 Å². The van der Waals surface area contributed by atoms with Crippen molar-refractivity contribution in [3.63, 3.8) is 0 Å². The molecule has 0 aliphatic rings. The minimum atomic E-state index is 0.166. The number of hydrogen-bond donors (Lipinski definition) is 1. The molecule has 0 fully saturated rings. The first-order valence-electron chi connectivity index (χ1n) is 5.71. The number of nitrogens with one attached hydrogen (secondary N) is 1. The number of rotatable bonds is 3. The summed E-state index contributed by atoms with van der Waals surface area (Å²) in [5, 5.41) is 12.3. The Morgan fingerprint density at radius 3 is 2.56 bits per heavy atom. The highest BCUT2D eigenvalue weighted by atomic mass is 79.9. The van der Waals surface area contributed by atoms with E-state index >= 15 is 0 Å². The van der Waals surface area contributed by atoms with Crippen molar-refractivity contribution in [3.05, 3.63) is 64.1 Å². The summed E-state index contributed by atoms with van der Waals surface area (Å²) >= 11 is 3.41. The van der Waals surface area contributed by atoms with E-state index in [0.29, 0.717) is 5.56 Å². The molecule has 1 unspecified atom stereocenters. The molecule has 0 aliphatic heterocycles. The van der Waals surface area contributed by atoms with Crippen LogP contribution in [0.4, 0.5) is 5.69 Å². The maximum atomic E-state index is 8.89. The lowest BCUT2D eigenvalue weighted by Crippen LogP contribution is -2.06. The Bertz CT molecular complexity index is 570. The smallest absolute Gasteiger partial charge is 0.0991 e. The predicted molar refractivity (Wildman–Crippen MR) is 77.3 cm³/mol. The fourth-order valence-electron chi connectivity index (χ4n) is 1.76. The van der Waals surface area contributed by atoms with Gasteiger partial charge in [-0.15, -0.1) is 0 Å². The molecule has 18 heavy (non-hydrogen) atoms. The zero-order chi connectivity index (χ0) is 13.0. The fraction of sp³-hybridized carbons (Fsp3) is 0.133. The Kier molecular flexibility index (Phi) is 4.01. The number of benzene rings is 2. The van der Waals surface area contributed by atoms with Gasteiger partial charge in [0.1, 0.15) is 0 Å². The molecule has 0 saturated heterocycles. The Hall–Kier alpha value is -1.79. The molecule has 1 atom stereocenters. The van der Waals surface area contributed by atoms with Crippen molar-refractivity contribution in [1.29, 1.82) is 5.26 Å². The van der Waals surface area contributed by atoms with Crippen LogP contribution in [0.2, 0.25) is 0 Å². The second-order valence-electron chi connectivity index (χ2n) is 4.11. The van der Waals surface area contributed by atoms with Crippen LogP contribution in [0.5, 0.6) is 0 Å². The Morgan fingerprint density at radius 2 is 1.89 bits per heavy atom. The predicted octanol–water partition coefficient (Wildman–Crippen LogP) is 4.49. The third kappa shape index (κ3) is 3.12. The van der Waals surface area contributed by atoms with E-state index in [1.807, 2.05) is 48.5 Å². The molecule has 0 aromatic heterocycles. The summed E-state index contributed by atoms with van der Waals surface area (Å²) in [5.41, 5.74) is 2.86. The van der Waals surface area contributed by atoms with Crippen LogP contribution in [-0.2, 0) is 0 Å². The van der Waals surface area contributed by atoms with Crippen LogP contribution < -0.4 is 5.32 Å². The van der Waals surface area contributed by atoms with Crippen LogP contribution in [-0.4, -0.2) is 0 Å². The molecule has 2 aromatic rings. The summed E-state index contributed by atoms with van der Waals surface area (Å²) in [5.74, 6) is 0. The fourth-order valence-corrected chi connectivity index (χ4v) is 2.02. The van der Waals surface area contributed by atoms with E-state index < -0.39 is 0 Å². The Labute approximate surface area is 115 Å². The lowest BCUT2D eigenvalue weighted by molar-refractivity contribution is 0.884. The molecule has 2 nitrogen and oxygen atoms in total.